The topological polar surface area (TPSA) is 6.48 Å². The number of piperazine rings is 3. The first-order chi connectivity index (χ1) is 4.79. The van der Waals surface area contributed by atoms with Crippen molar-refractivity contribution in [1.29, 1.82) is 0 Å². The minimum atomic E-state index is -1.37. The lowest BCUT2D eigenvalue weighted by Gasteiger charge is -2.46. The van der Waals surface area contributed by atoms with Gasteiger partial charge >= 0.3 is 0 Å². The molecule has 0 aromatic heterocycles. The minimum absolute atomic E-state index is 0.682. The summed E-state index contributed by atoms with van der Waals surface area (Å²) >= 11 is 0. The molecule has 2 atom stereocenters. The Morgan fingerprint density at radius 2 is 1.10 bits per heavy atom. The van der Waals surface area contributed by atoms with Crippen LogP contribution >= 0.6 is 0 Å². The molecule has 10 heavy (non-hydrogen) atoms. The van der Waals surface area contributed by atoms with E-state index in [1.165, 1.54) is 0 Å². The monoisotopic (exact) mass is 148 g/mol. The number of rotatable bonds is 0. The second kappa shape index (κ2) is 2.13. The van der Waals surface area contributed by atoms with Gasteiger partial charge in [0.25, 0.3) is 0 Å². The molecule has 58 valence electrons. The number of fused-ring (bicyclic) bond motifs is 3. The Morgan fingerprint density at radius 1 is 0.800 bits per heavy atom. The molecule has 3 aliphatic rings. The summed E-state index contributed by atoms with van der Waals surface area (Å²) in [7, 11) is 0. The molecular weight excluding hydrogens is 138 g/mol. The average Bonchev–Trinajstić information content (AvgIpc) is 2.00. The smallest absolute Gasteiger partial charge is 0.198 e. The molecule has 3 fully saturated rings. The lowest BCUT2D eigenvalue weighted by atomic mass is 10.2. The molecule has 3 aliphatic heterocycles. The number of hydrogen-bond acceptors (Lipinski definition) is 2. The first-order valence-corrected chi connectivity index (χ1v) is 3.55. The van der Waals surface area contributed by atoms with Gasteiger partial charge in [-0.15, -0.1) is 0 Å². The van der Waals surface area contributed by atoms with Crippen molar-refractivity contribution in [2.45, 2.75) is 12.6 Å². The van der Waals surface area contributed by atoms with Crippen molar-refractivity contribution in [2.75, 3.05) is 26.2 Å². The van der Waals surface area contributed by atoms with Gasteiger partial charge in [0.2, 0.25) is 0 Å². The maximum absolute atomic E-state index is 12.8. The average molecular weight is 148 g/mol. The Hall–Kier alpha value is -0.220. The zero-order chi connectivity index (χ0) is 7.14. The maximum atomic E-state index is 12.8. The van der Waals surface area contributed by atoms with E-state index in [4.69, 9.17) is 0 Å². The van der Waals surface area contributed by atoms with Crippen molar-refractivity contribution in [3.63, 3.8) is 0 Å². The number of halogens is 2. The lowest BCUT2D eigenvalue weighted by molar-refractivity contribution is -0.143. The first kappa shape index (κ1) is 6.49. The van der Waals surface area contributed by atoms with Crippen molar-refractivity contribution in [2.24, 2.45) is 0 Å². The fourth-order valence-electron chi connectivity index (χ4n) is 1.58. The van der Waals surface area contributed by atoms with Gasteiger partial charge in [0.1, 0.15) is 0 Å². The van der Waals surface area contributed by atoms with E-state index in [0.717, 1.165) is 0 Å². The molecule has 0 radical (unpaired) electrons. The quantitative estimate of drug-likeness (QED) is 0.453. The van der Waals surface area contributed by atoms with Gasteiger partial charge < -0.3 is 0 Å². The van der Waals surface area contributed by atoms with E-state index in [9.17, 15) is 8.78 Å². The van der Waals surface area contributed by atoms with Gasteiger partial charge in [-0.2, -0.15) is 0 Å². The normalized spacial score (nSPS) is 53.4. The van der Waals surface area contributed by atoms with Crippen molar-refractivity contribution < 1.29 is 8.78 Å². The van der Waals surface area contributed by atoms with Crippen LogP contribution in [0.3, 0.4) is 0 Å². The second-order valence-electron chi connectivity index (χ2n) is 2.82. The summed E-state index contributed by atoms with van der Waals surface area (Å²) in [5.41, 5.74) is 0. The van der Waals surface area contributed by atoms with E-state index < -0.39 is 12.6 Å². The van der Waals surface area contributed by atoms with Gasteiger partial charge in [0.05, 0.1) is 0 Å². The predicted molar refractivity (Wildman–Crippen MR) is 32.9 cm³/mol. The SMILES string of the molecule is F[C@H]1[C@H](F)N2CCN1CC2. The molecule has 3 heterocycles. The summed E-state index contributed by atoms with van der Waals surface area (Å²) in [5.74, 6) is 0. The highest BCUT2D eigenvalue weighted by Crippen LogP contribution is 2.23. The summed E-state index contributed by atoms with van der Waals surface area (Å²) in [6, 6.07) is 0. The molecule has 0 aromatic carbocycles. The molecule has 0 N–H and O–H groups in total. The van der Waals surface area contributed by atoms with Crippen LogP contribution in [0.4, 0.5) is 8.78 Å². The lowest BCUT2D eigenvalue weighted by Crippen LogP contribution is -2.63. The van der Waals surface area contributed by atoms with E-state index in [1.54, 1.807) is 9.80 Å². The second-order valence-corrected chi connectivity index (χ2v) is 2.82. The molecule has 0 amide bonds. The van der Waals surface area contributed by atoms with Gasteiger partial charge in [-0.25, -0.2) is 8.78 Å². The maximum Gasteiger partial charge on any atom is 0.198 e. The third-order valence-corrected chi connectivity index (χ3v) is 2.27. The van der Waals surface area contributed by atoms with Crippen LogP contribution in [0.15, 0.2) is 0 Å². The Balaban J connectivity index is 2.13. The zero-order valence-electron chi connectivity index (χ0n) is 5.63. The van der Waals surface area contributed by atoms with Crippen LogP contribution in [0.2, 0.25) is 0 Å². The minimum Gasteiger partial charge on any atom is -0.268 e. The Kier molecular flexibility index (Phi) is 1.38. The standard InChI is InChI=1S/C6H10F2N2/c7-5-6(8)10-2-1-9(5)3-4-10/h5-6H,1-4H2/t5-,6-/m1/s1. The highest BCUT2D eigenvalue weighted by Gasteiger charge is 2.40. The van der Waals surface area contributed by atoms with Crippen molar-refractivity contribution >= 4 is 0 Å². The molecule has 2 nitrogen and oxygen atoms in total. The highest BCUT2D eigenvalue weighted by molar-refractivity contribution is 4.85. The third-order valence-electron chi connectivity index (χ3n) is 2.27. The summed E-state index contributed by atoms with van der Waals surface area (Å²) in [4.78, 5) is 3.12. The summed E-state index contributed by atoms with van der Waals surface area (Å²) in [6.45, 7) is 2.73. The van der Waals surface area contributed by atoms with Crippen LogP contribution in [0.5, 0.6) is 0 Å². The van der Waals surface area contributed by atoms with Gasteiger partial charge in [-0.1, -0.05) is 0 Å². The molecule has 0 spiro atoms. The predicted octanol–water partition coefficient (Wildman–Crippen LogP) is 0.209. The molecule has 3 saturated heterocycles. The summed E-state index contributed by atoms with van der Waals surface area (Å²) in [6.07, 6.45) is -2.75. The van der Waals surface area contributed by atoms with Crippen LogP contribution < -0.4 is 0 Å². The fourth-order valence-corrected chi connectivity index (χ4v) is 1.58. The number of hydrogen-bond donors (Lipinski definition) is 0. The number of alkyl halides is 2. The van der Waals surface area contributed by atoms with Crippen LogP contribution in [0.25, 0.3) is 0 Å². The summed E-state index contributed by atoms with van der Waals surface area (Å²) in [5, 5.41) is 0. The molecule has 0 aliphatic carbocycles. The number of nitrogens with zero attached hydrogens (tertiary/aromatic N) is 2. The molecule has 0 saturated carbocycles. The molecule has 3 rings (SSSR count). The Bertz CT molecular complexity index is 114. The van der Waals surface area contributed by atoms with Gasteiger partial charge in [-0.05, 0) is 0 Å². The van der Waals surface area contributed by atoms with E-state index in [1.807, 2.05) is 0 Å². The molecule has 0 unspecified atom stereocenters. The zero-order valence-corrected chi connectivity index (χ0v) is 5.63. The van der Waals surface area contributed by atoms with Crippen LogP contribution in [0.1, 0.15) is 0 Å². The molecular formula is C6H10F2N2. The largest absolute Gasteiger partial charge is 0.268 e. The Morgan fingerprint density at radius 3 is 1.30 bits per heavy atom. The molecule has 4 heteroatoms. The van der Waals surface area contributed by atoms with E-state index in [-0.39, 0.29) is 0 Å². The van der Waals surface area contributed by atoms with Crippen LogP contribution in [0, 0.1) is 0 Å². The van der Waals surface area contributed by atoms with E-state index in [2.05, 4.69) is 0 Å². The van der Waals surface area contributed by atoms with Gasteiger partial charge in [0.15, 0.2) is 12.6 Å². The molecule has 2 bridgehead atoms. The highest BCUT2D eigenvalue weighted by atomic mass is 19.2. The van der Waals surface area contributed by atoms with E-state index in [0.29, 0.717) is 26.2 Å². The van der Waals surface area contributed by atoms with Crippen molar-refractivity contribution in [1.82, 2.24) is 9.80 Å². The van der Waals surface area contributed by atoms with E-state index >= 15 is 0 Å². The summed E-state index contributed by atoms with van der Waals surface area (Å²) < 4.78 is 25.6. The van der Waals surface area contributed by atoms with Crippen molar-refractivity contribution in [3.05, 3.63) is 0 Å². The van der Waals surface area contributed by atoms with Crippen LogP contribution in [-0.2, 0) is 0 Å². The van der Waals surface area contributed by atoms with Gasteiger partial charge in [0, 0.05) is 26.2 Å². The van der Waals surface area contributed by atoms with Gasteiger partial charge in [-0.3, -0.25) is 9.80 Å². The molecule has 0 aromatic rings. The fraction of sp³-hybridized carbons (Fsp3) is 1.00. The Labute approximate surface area is 58.4 Å². The van der Waals surface area contributed by atoms with Crippen molar-refractivity contribution in [3.8, 4) is 0 Å². The third kappa shape index (κ3) is 0.754. The van der Waals surface area contributed by atoms with Crippen LogP contribution in [-0.4, -0.2) is 48.6 Å². The first-order valence-electron chi connectivity index (χ1n) is 3.55.